The molecule has 1 unspecified atom stereocenters. The molecule has 0 aromatic heterocycles. The summed E-state index contributed by atoms with van der Waals surface area (Å²) in [4.78, 5) is 14.3. The minimum atomic E-state index is -0.928. The molecule has 1 N–H and O–H groups in total. The topological polar surface area (TPSA) is 49.8 Å². The van der Waals surface area contributed by atoms with Crippen molar-refractivity contribution < 1.29 is 14.6 Å². The van der Waals surface area contributed by atoms with Crippen molar-refractivity contribution in [2.24, 2.45) is 0 Å². The lowest BCUT2D eigenvalue weighted by Crippen LogP contribution is -2.37. The summed E-state index contributed by atoms with van der Waals surface area (Å²) in [7, 11) is 0. The first kappa shape index (κ1) is 19.4. The zero-order chi connectivity index (χ0) is 19.2. The molecular formula is C23H29NO3. The highest BCUT2D eigenvalue weighted by Gasteiger charge is 2.28. The third kappa shape index (κ3) is 4.69. The number of ether oxygens (including phenoxy) is 1. The second-order valence-corrected chi connectivity index (χ2v) is 7.29. The van der Waals surface area contributed by atoms with Crippen LogP contribution in [-0.4, -0.2) is 35.1 Å². The predicted molar refractivity (Wildman–Crippen MR) is 108 cm³/mol. The summed E-state index contributed by atoms with van der Waals surface area (Å²) >= 11 is 0. The van der Waals surface area contributed by atoms with E-state index in [0.29, 0.717) is 18.4 Å². The summed E-state index contributed by atoms with van der Waals surface area (Å²) in [6.07, 6.45) is 4.17. The van der Waals surface area contributed by atoms with Crippen molar-refractivity contribution in [3.63, 3.8) is 0 Å². The Morgan fingerprint density at radius 2 is 1.70 bits per heavy atom. The lowest BCUT2D eigenvalue weighted by atomic mass is 10.1. The van der Waals surface area contributed by atoms with E-state index in [4.69, 9.17) is 4.74 Å². The maximum atomic E-state index is 11.8. The van der Waals surface area contributed by atoms with Gasteiger partial charge >= 0.3 is 5.97 Å². The number of carboxylic acid groups (broad SMARTS) is 1. The quantitative estimate of drug-likeness (QED) is 0.706. The van der Waals surface area contributed by atoms with Crippen LogP contribution in [-0.2, 0) is 19.4 Å². The van der Waals surface area contributed by atoms with Crippen molar-refractivity contribution in [3.05, 3.63) is 64.7 Å². The Morgan fingerprint density at radius 1 is 1.07 bits per heavy atom. The molecule has 1 aliphatic rings. The molecule has 0 amide bonds. The number of benzene rings is 2. The molecule has 0 saturated carbocycles. The lowest BCUT2D eigenvalue weighted by molar-refractivity contribution is 0.0691. The normalized spacial score (nSPS) is 15.7. The highest BCUT2D eigenvalue weighted by Crippen LogP contribution is 2.32. The summed E-state index contributed by atoms with van der Waals surface area (Å²) in [5, 5.41) is 9.65. The fraction of sp³-hybridized carbons (Fsp3) is 0.435. The van der Waals surface area contributed by atoms with E-state index in [1.807, 2.05) is 42.5 Å². The zero-order valence-corrected chi connectivity index (χ0v) is 16.3. The number of carboxylic acids is 1. The van der Waals surface area contributed by atoms with Gasteiger partial charge in [-0.3, -0.25) is 4.90 Å². The molecule has 0 radical (unpaired) electrons. The SMILES string of the molecule is CCCN(CCC)C1Cc2cc(OCc3ccccc3)c(C(=O)O)cc2C1. The van der Waals surface area contributed by atoms with Gasteiger partial charge in [-0.15, -0.1) is 0 Å². The van der Waals surface area contributed by atoms with Gasteiger partial charge in [0.05, 0.1) is 0 Å². The van der Waals surface area contributed by atoms with E-state index >= 15 is 0 Å². The lowest BCUT2D eigenvalue weighted by Gasteiger charge is -2.27. The fourth-order valence-electron chi connectivity index (χ4n) is 3.96. The van der Waals surface area contributed by atoms with Gasteiger partial charge in [0.1, 0.15) is 17.9 Å². The molecule has 4 heteroatoms. The minimum absolute atomic E-state index is 0.267. The highest BCUT2D eigenvalue weighted by atomic mass is 16.5. The number of aromatic carboxylic acids is 1. The molecule has 0 heterocycles. The number of fused-ring (bicyclic) bond motifs is 1. The number of rotatable bonds is 9. The largest absolute Gasteiger partial charge is 0.488 e. The van der Waals surface area contributed by atoms with Crippen LogP contribution in [0, 0.1) is 0 Å². The monoisotopic (exact) mass is 367 g/mol. The van der Waals surface area contributed by atoms with Crippen molar-refractivity contribution in [2.75, 3.05) is 13.1 Å². The molecule has 27 heavy (non-hydrogen) atoms. The van der Waals surface area contributed by atoms with Gasteiger partial charge in [0.25, 0.3) is 0 Å². The van der Waals surface area contributed by atoms with E-state index in [2.05, 4.69) is 18.7 Å². The third-order valence-corrected chi connectivity index (χ3v) is 5.22. The Morgan fingerprint density at radius 3 is 2.30 bits per heavy atom. The molecule has 0 spiro atoms. The minimum Gasteiger partial charge on any atom is -0.488 e. The van der Waals surface area contributed by atoms with Crippen LogP contribution >= 0.6 is 0 Å². The van der Waals surface area contributed by atoms with Crippen LogP contribution < -0.4 is 4.74 Å². The number of nitrogens with zero attached hydrogens (tertiary/aromatic N) is 1. The van der Waals surface area contributed by atoms with Crippen LogP contribution in [0.2, 0.25) is 0 Å². The van der Waals surface area contributed by atoms with E-state index in [1.165, 1.54) is 5.56 Å². The van der Waals surface area contributed by atoms with Gasteiger partial charge in [-0.25, -0.2) is 4.79 Å². The van der Waals surface area contributed by atoms with Crippen molar-refractivity contribution in [3.8, 4) is 5.75 Å². The Bertz CT molecular complexity index is 767. The highest BCUT2D eigenvalue weighted by molar-refractivity contribution is 5.91. The average molecular weight is 367 g/mol. The Balaban J connectivity index is 1.80. The number of hydrogen-bond donors (Lipinski definition) is 1. The van der Waals surface area contributed by atoms with Gasteiger partial charge in [0.15, 0.2) is 0 Å². The van der Waals surface area contributed by atoms with Gasteiger partial charge in [0.2, 0.25) is 0 Å². The van der Waals surface area contributed by atoms with E-state index in [0.717, 1.165) is 49.9 Å². The summed E-state index contributed by atoms with van der Waals surface area (Å²) in [6.45, 7) is 6.98. The second kappa shape index (κ2) is 9.05. The van der Waals surface area contributed by atoms with Crippen LogP contribution in [0.15, 0.2) is 42.5 Å². The molecule has 2 aromatic rings. The van der Waals surface area contributed by atoms with E-state index in [-0.39, 0.29) is 5.56 Å². The van der Waals surface area contributed by atoms with Gasteiger partial charge in [-0.05, 0) is 67.6 Å². The molecule has 1 aliphatic carbocycles. The van der Waals surface area contributed by atoms with Crippen LogP contribution in [0.1, 0.15) is 53.7 Å². The maximum Gasteiger partial charge on any atom is 0.339 e. The Hall–Kier alpha value is -2.33. The fourth-order valence-corrected chi connectivity index (χ4v) is 3.96. The van der Waals surface area contributed by atoms with Crippen molar-refractivity contribution in [2.45, 2.75) is 52.2 Å². The van der Waals surface area contributed by atoms with Crippen molar-refractivity contribution in [1.82, 2.24) is 4.90 Å². The first-order valence-electron chi connectivity index (χ1n) is 9.92. The number of hydrogen-bond acceptors (Lipinski definition) is 3. The van der Waals surface area contributed by atoms with Crippen LogP contribution in [0.4, 0.5) is 0 Å². The standard InChI is InChI=1S/C23H29NO3/c1-3-10-24(11-4-2)20-12-18-14-21(23(25)26)22(15-19(18)13-20)27-16-17-8-6-5-7-9-17/h5-9,14-15,20H,3-4,10-13,16H2,1-2H3,(H,25,26). The first-order valence-corrected chi connectivity index (χ1v) is 9.92. The molecule has 1 atom stereocenters. The van der Waals surface area contributed by atoms with E-state index in [9.17, 15) is 9.90 Å². The molecule has 3 rings (SSSR count). The maximum absolute atomic E-state index is 11.8. The predicted octanol–water partition coefficient (Wildman–Crippen LogP) is 4.55. The van der Waals surface area contributed by atoms with Crippen LogP contribution in [0.25, 0.3) is 0 Å². The smallest absolute Gasteiger partial charge is 0.339 e. The molecule has 144 valence electrons. The molecular weight excluding hydrogens is 338 g/mol. The Labute approximate surface area is 161 Å². The second-order valence-electron chi connectivity index (χ2n) is 7.29. The average Bonchev–Trinajstić information content (AvgIpc) is 3.09. The van der Waals surface area contributed by atoms with Crippen molar-refractivity contribution >= 4 is 5.97 Å². The van der Waals surface area contributed by atoms with Gasteiger partial charge in [-0.2, -0.15) is 0 Å². The molecule has 0 fully saturated rings. The first-order chi connectivity index (χ1) is 13.1. The van der Waals surface area contributed by atoms with Crippen molar-refractivity contribution in [1.29, 1.82) is 0 Å². The summed E-state index contributed by atoms with van der Waals surface area (Å²) in [6, 6.07) is 14.1. The Kier molecular flexibility index (Phi) is 6.51. The summed E-state index contributed by atoms with van der Waals surface area (Å²) in [5.74, 6) is -0.452. The molecule has 0 bridgehead atoms. The van der Waals surface area contributed by atoms with Crippen LogP contribution in [0.5, 0.6) is 5.75 Å². The van der Waals surface area contributed by atoms with Gasteiger partial charge < -0.3 is 9.84 Å². The molecule has 0 saturated heterocycles. The molecule has 2 aromatic carbocycles. The van der Waals surface area contributed by atoms with Gasteiger partial charge in [0, 0.05) is 6.04 Å². The van der Waals surface area contributed by atoms with E-state index < -0.39 is 5.97 Å². The summed E-state index contributed by atoms with van der Waals surface area (Å²) < 4.78 is 5.91. The van der Waals surface area contributed by atoms with E-state index in [1.54, 1.807) is 0 Å². The molecule has 0 aliphatic heterocycles. The van der Waals surface area contributed by atoms with Gasteiger partial charge in [-0.1, -0.05) is 44.2 Å². The summed E-state index contributed by atoms with van der Waals surface area (Å²) in [5.41, 5.74) is 3.68. The number of carbonyl (C=O) groups is 1. The van der Waals surface area contributed by atoms with Crippen LogP contribution in [0.3, 0.4) is 0 Å². The molecule has 4 nitrogen and oxygen atoms in total. The zero-order valence-electron chi connectivity index (χ0n) is 16.3. The third-order valence-electron chi connectivity index (χ3n) is 5.22.